The Morgan fingerprint density at radius 3 is 2.00 bits per heavy atom. The molecule has 0 spiro atoms. The van der Waals surface area contributed by atoms with E-state index < -0.39 is 5.97 Å². The minimum Gasteiger partial charge on any atom is -0.478 e. The second-order valence-corrected chi connectivity index (χ2v) is 2.47. The Morgan fingerprint density at radius 2 is 1.91 bits per heavy atom. The molecule has 0 saturated carbocycles. The van der Waals surface area contributed by atoms with Crippen LogP contribution in [-0.2, 0) is 4.79 Å². The minimum absolute atomic E-state index is 0. The van der Waals surface area contributed by atoms with Crippen LogP contribution in [-0.4, -0.2) is 36.1 Å². The zero-order valence-corrected chi connectivity index (χ0v) is 7.81. The molecule has 0 rings (SSSR count). The van der Waals surface area contributed by atoms with Crippen molar-refractivity contribution in [1.82, 2.24) is 4.90 Å². The van der Waals surface area contributed by atoms with E-state index in [0.29, 0.717) is 0 Å². The van der Waals surface area contributed by atoms with Crippen molar-refractivity contribution in [2.75, 3.05) is 14.1 Å². The van der Waals surface area contributed by atoms with Crippen LogP contribution in [0.4, 0.5) is 0 Å². The third-order valence-electron chi connectivity index (χ3n) is 1.55. The second kappa shape index (κ2) is 5.16. The molecule has 1 atom stereocenters. The first-order valence-corrected chi connectivity index (χ1v) is 3.05. The molecular weight excluding hydrogens is 166 g/mol. The van der Waals surface area contributed by atoms with Crippen LogP contribution >= 0.6 is 12.4 Å². The average Bonchev–Trinajstić information content (AvgIpc) is 1.84. The van der Waals surface area contributed by atoms with E-state index in [1.807, 2.05) is 14.1 Å². The number of carboxylic acid groups (broad SMARTS) is 1. The van der Waals surface area contributed by atoms with Gasteiger partial charge in [-0.05, 0) is 21.0 Å². The van der Waals surface area contributed by atoms with E-state index in [2.05, 4.69) is 6.58 Å². The molecule has 0 bridgehead atoms. The summed E-state index contributed by atoms with van der Waals surface area (Å²) in [7, 11) is 3.64. The van der Waals surface area contributed by atoms with E-state index in [-0.39, 0.29) is 24.0 Å². The summed E-state index contributed by atoms with van der Waals surface area (Å²) < 4.78 is 0. The van der Waals surface area contributed by atoms with Gasteiger partial charge in [0.05, 0.1) is 0 Å². The van der Waals surface area contributed by atoms with Gasteiger partial charge in [-0.2, -0.15) is 0 Å². The van der Waals surface area contributed by atoms with Gasteiger partial charge in [-0.1, -0.05) is 6.58 Å². The van der Waals surface area contributed by atoms with Gasteiger partial charge in [-0.3, -0.25) is 0 Å². The fourth-order valence-electron chi connectivity index (χ4n) is 0.490. The number of rotatable bonds is 3. The number of nitrogens with zero attached hydrogens (tertiary/aromatic N) is 1. The first kappa shape index (κ1) is 13.1. The summed E-state index contributed by atoms with van der Waals surface area (Å²) in [5.41, 5.74) is 0.227. The zero-order chi connectivity index (χ0) is 8.31. The summed E-state index contributed by atoms with van der Waals surface area (Å²) in [5, 5.41) is 8.48. The van der Waals surface area contributed by atoms with Crippen LogP contribution in [0.15, 0.2) is 12.2 Å². The molecule has 0 radical (unpaired) electrons. The fourth-order valence-corrected chi connectivity index (χ4v) is 0.490. The lowest BCUT2D eigenvalue weighted by molar-refractivity contribution is -0.133. The van der Waals surface area contributed by atoms with Gasteiger partial charge in [0.1, 0.15) is 0 Å². The van der Waals surface area contributed by atoms with Gasteiger partial charge < -0.3 is 10.0 Å². The van der Waals surface area contributed by atoms with Crippen LogP contribution < -0.4 is 0 Å². The number of carbonyl (C=O) groups is 1. The Hall–Kier alpha value is -0.540. The van der Waals surface area contributed by atoms with E-state index in [1.54, 1.807) is 11.8 Å². The Morgan fingerprint density at radius 1 is 1.55 bits per heavy atom. The Kier molecular flexibility index (Phi) is 6.13. The van der Waals surface area contributed by atoms with Crippen molar-refractivity contribution in [3.63, 3.8) is 0 Å². The summed E-state index contributed by atoms with van der Waals surface area (Å²) in [6.45, 7) is 5.24. The highest BCUT2D eigenvalue weighted by atomic mass is 35.5. The average molecular weight is 180 g/mol. The number of carboxylic acids is 1. The molecule has 0 aromatic heterocycles. The molecule has 0 heterocycles. The van der Waals surface area contributed by atoms with Gasteiger partial charge in [0.2, 0.25) is 0 Å². The van der Waals surface area contributed by atoms with Crippen molar-refractivity contribution in [1.29, 1.82) is 0 Å². The van der Waals surface area contributed by atoms with E-state index in [1.165, 1.54) is 0 Å². The van der Waals surface area contributed by atoms with Crippen LogP contribution in [0.2, 0.25) is 0 Å². The Bertz CT molecular complexity index is 157. The molecule has 0 aliphatic carbocycles. The highest BCUT2D eigenvalue weighted by Crippen LogP contribution is 2.03. The number of hydrogen-bond donors (Lipinski definition) is 1. The maximum atomic E-state index is 10.3. The molecule has 3 nitrogen and oxygen atoms in total. The molecule has 1 unspecified atom stereocenters. The van der Waals surface area contributed by atoms with Crippen molar-refractivity contribution in [2.24, 2.45) is 0 Å². The lowest BCUT2D eigenvalue weighted by atomic mass is 10.1. The number of likely N-dealkylation sites (N-methyl/N-ethyl adjacent to an activating group) is 1. The number of aliphatic carboxylic acids is 1. The summed E-state index contributed by atoms with van der Waals surface area (Å²) in [4.78, 5) is 12.1. The maximum absolute atomic E-state index is 10.3. The van der Waals surface area contributed by atoms with Gasteiger partial charge in [-0.15, -0.1) is 12.4 Å². The molecule has 11 heavy (non-hydrogen) atoms. The van der Waals surface area contributed by atoms with Crippen LogP contribution in [0.1, 0.15) is 6.92 Å². The van der Waals surface area contributed by atoms with Crippen molar-refractivity contribution in [2.45, 2.75) is 13.0 Å². The minimum atomic E-state index is -0.929. The third-order valence-corrected chi connectivity index (χ3v) is 1.55. The standard InChI is InChI=1S/C7H13NO2.ClH/c1-5(7(9)10)6(2)8(3)4;/h6H,1H2,2-4H3,(H,9,10);1H. The zero-order valence-electron chi connectivity index (χ0n) is 7.00. The van der Waals surface area contributed by atoms with Gasteiger partial charge in [-0.25, -0.2) is 4.79 Å². The molecule has 0 aromatic carbocycles. The molecule has 66 valence electrons. The van der Waals surface area contributed by atoms with Gasteiger partial charge in [0, 0.05) is 11.6 Å². The predicted octanol–water partition coefficient (Wildman–Crippen LogP) is 0.999. The lowest BCUT2D eigenvalue weighted by Crippen LogP contribution is -2.29. The maximum Gasteiger partial charge on any atom is 0.332 e. The van der Waals surface area contributed by atoms with Crippen LogP contribution in [0.3, 0.4) is 0 Å². The van der Waals surface area contributed by atoms with Crippen LogP contribution in [0.5, 0.6) is 0 Å². The largest absolute Gasteiger partial charge is 0.478 e. The highest BCUT2D eigenvalue weighted by Gasteiger charge is 2.14. The SMILES string of the molecule is C=C(C(=O)O)C(C)N(C)C.Cl. The van der Waals surface area contributed by atoms with Crippen molar-refractivity contribution < 1.29 is 9.90 Å². The smallest absolute Gasteiger partial charge is 0.332 e. The molecule has 0 aliphatic rings. The van der Waals surface area contributed by atoms with Crippen molar-refractivity contribution in [3.8, 4) is 0 Å². The van der Waals surface area contributed by atoms with Gasteiger partial charge in [0.25, 0.3) is 0 Å². The van der Waals surface area contributed by atoms with E-state index >= 15 is 0 Å². The molecule has 0 saturated heterocycles. The quantitative estimate of drug-likeness (QED) is 0.658. The third kappa shape index (κ3) is 4.01. The molecular formula is C7H14ClNO2. The van der Waals surface area contributed by atoms with Gasteiger partial charge >= 0.3 is 5.97 Å². The molecule has 4 heteroatoms. The molecule has 0 aliphatic heterocycles. The first-order chi connectivity index (χ1) is 4.46. The predicted molar refractivity (Wildman–Crippen MR) is 47.2 cm³/mol. The summed E-state index contributed by atoms with van der Waals surface area (Å²) in [6, 6.07) is -0.0995. The summed E-state index contributed by atoms with van der Waals surface area (Å²) >= 11 is 0. The lowest BCUT2D eigenvalue weighted by Gasteiger charge is -2.18. The molecule has 0 amide bonds. The van der Waals surface area contributed by atoms with Crippen LogP contribution in [0, 0.1) is 0 Å². The van der Waals surface area contributed by atoms with Crippen molar-refractivity contribution >= 4 is 18.4 Å². The van der Waals surface area contributed by atoms with Crippen LogP contribution in [0.25, 0.3) is 0 Å². The molecule has 0 fully saturated rings. The highest BCUT2D eigenvalue weighted by molar-refractivity contribution is 5.87. The van der Waals surface area contributed by atoms with E-state index in [9.17, 15) is 4.79 Å². The first-order valence-electron chi connectivity index (χ1n) is 3.05. The monoisotopic (exact) mass is 179 g/mol. The summed E-state index contributed by atoms with van der Waals surface area (Å²) in [5.74, 6) is -0.929. The number of halogens is 1. The van der Waals surface area contributed by atoms with E-state index in [0.717, 1.165) is 0 Å². The number of hydrogen-bond acceptors (Lipinski definition) is 2. The topological polar surface area (TPSA) is 40.5 Å². The molecule has 0 aromatic rings. The fraction of sp³-hybridized carbons (Fsp3) is 0.571. The summed E-state index contributed by atoms with van der Waals surface area (Å²) in [6.07, 6.45) is 0. The Labute approximate surface area is 73.1 Å². The van der Waals surface area contributed by atoms with E-state index in [4.69, 9.17) is 5.11 Å². The second-order valence-electron chi connectivity index (χ2n) is 2.47. The molecule has 1 N–H and O–H groups in total. The Balaban J connectivity index is 0. The normalized spacial score (nSPS) is 12.0. The van der Waals surface area contributed by atoms with Crippen molar-refractivity contribution in [3.05, 3.63) is 12.2 Å². The van der Waals surface area contributed by atoms with Gasteiger partial charge in [0.15, 0.2) is 0 Å².